The summed E-state index contributed by atoms with van der Waals surface area (Å²) in [5, 5.41) is 8.79. The van der Waals surface area contributed by atoms with E-state index in [0.29, 0.717) is 5.56 Å². The number of nitrogens with zero attached hydrogens (tertiary/aromatic N) is 2. The van der Waals surface area contributed by atoms with Gasteiger partial charge in [-0.05, 0) is 43.2 Å². The first-order valence-electron chi connectivity index (χ1n) is 7.52. The van der Waals surface area contributed by atoms with E-state index in [2.05, 4.69) is 4.98 Å². The Labute approximate surface area is 141 Å². The van der Waals surface area contributed by atoms with Crippen LogP contribution >= 0.6 is 0 Å². The summed E-state index contributed by atoms with van der Waals surface area (Å²) >= 11 is 0. The molecule has 128 valence electrons. The van der Waals surface area contributed by atoms with Crippen molar-refractivity contribution in [2.24, 2.45) is 0 Å². The highest BCUT2D eigenvalue weighted by molar-refractivity contribution is 7.89. The van der Waals surface area contributed by atoms with E-state index in [9.17, 15) is 13.2 Å². The molecule has 1 aromatic heterocycles. The number of hydrogen-bond acceptors (Lipinski definition) is 4. The third kappa shape index (κ3) is 4.39. The van der Waals surface area contributed by atoms with Crippen molar-refractivity contribution < 1.29 is 18.3 Å². The number of sulfonamides is 1. The van der Waals surface area contributed by atoms with E-state index < -0.39 is 16.0 Å². The smallest absolute Gasteiger partial charge is 0.307 e. The maximum Gasteiger partial charge on any atom is 0.307 e. The van der Waals surface area contributed by atoms with Gasteiger partial charge in [-0.25, -0.2) is 8.42 Å². The minimum atomic E-state index is -3.69. The zero-order chi connectivity index (χ0) is 17.7. The molecular formula is C17H20N2O4S. The van der Waals surface area contributed by atoms with Gasteiger partial charge in [-0.2, -0.15) is 4.31 Å². The number of rotatable bonds is 7. The molecule has 6 nitrogen and oxygen atoms in total. The van der Waals surface area contributed by atoms with E-state index in [-0.39, 0.29) is 23.9 Å². The zero-order valence-electron chi connectivity index (χ0n) is 13.6. The van der Waals surface area contributed by atoms with Crippen molar-refractivity contribution in [3.8, 4) is 0 Å². The Hall–Kier alpha value is -2.25. The summed E-state index contributed by atoms with van der Waals surface area (Å²) < 4.78 is 27.2. The van der Waals surface area contributed by atoms with Gasteiger partial charge in [0.25, 0.3) is 0 Å². The Balaban J connectivity index is 2.29. The van der Waals surface area contributed by atoms with Crippen LogP contribution in [-0.4, -0.2) is 34.8 Å². The number of aromatic nitrogens is 1. The Morgan fingerprint density at radius 3 is 2.33 bits per heavy atom. The predicted octanol–water partition coefficient (Wildman–Crippen LogP) is 2.31. The number of benzene rings is 1. The van der Waals surface area contributed by atoms with Crippen LogP contribution in [0, 0.1) is 0 Å². The van der Waals surface area contributed by atoms with Crippen LogP contribution in [0.5, 0.6) is 0 Å². The average molecular weight is 348 g/mol. The van der Waals surface area contributed by atoms with Crippen LogP contribution in [0.25, 0.3) is 0 Å². The highest BCUT2D eigenvalue weighted by atomic mass is 32.2. The first kappa shape index (κ1) is 18.1. The Kier molecular flexibility index (Phi) is 5.69. The fourth-order valence-corrected chi connectivity index (χ4v) is 3.93. The summed E-state index contributed by atoms with van der Waals surface area (Å²) in [4.78, 5) is 14.9. The van der Waals surface area contributed by atoms with Crippen molar-refractivity contribution >= 4 is 16.0 Å². The Bertz CT molecular complexity index is 787. The third-order valence-corrected chi connectivity index (χ3v) is 5.56. The topological polar surface area (TPSA) is 87.6 Å². The van der Waals surface area contributed by atoms with Crippen molar-refractivity contribution in [2.75, 3.05) is 0 Å². The molecule has 0 amide bonds. The molecule has 0 saturated carbocycles. The van der Waals surface area contributed by atoms with Gasteiger partial charge >= 0.3 is 5.97 Å². The van der Waals surface area contributed by atoms with Crippen molar-refractivity contribution in [1.82, 2.24) is 9.29 Å². The Morgan fingerprint density at radius 1 is 1.17 bits per heavy atom. The molecule has 0 radical (unpaired) electrons. The fraction of sp³-hybridized carbons (Fsp3) is 0.294. The van der Waals surface area contributed by atoms with Gasteiger partial charge in [0.1, 0.15) is 0 Å². The number of hydrogen-bond donors (Lipinski definition) is 1. The molecule has 1 N–H and O–H groups in total. The van der Waals surface area contributed by atoms with Gasteiger partial charge in [-0.15, -0.1) is 0 Å². The van der Waals surface area contributed by atoms with Crippen LogP contribution in [0.3, 0.4) is 0 Å². The molecule has 0 fully saturated rings. The number of aliphatic carboxylic acids is 1. The number of carbonyl (C=O) groups is 1. The second-order valence-electron chi connectivity index (χ2n) is 5.72. The van der Waals surface area contributed by atoms with Gasteiger partial charge in [0.05, 0.1) is 11.3 Å². The summed E-state index contributed by atoms with van der Waals surface area (Å²) in [5.41, 5.74) is 1.36. The summed E-state index contributed by atoms with van der Waals surface area (Å²) in [5.74, 6) is -0.953. The summed E-state index contributed by atoms with van der Waals surface area (Å²) in [7, 11) is -3.69. The molecule has 7 heteroatoms. The van der Waals surface area contributed by atoms with Gasteiger partial charge in [-0.1, -0.05) is 18.2 Å². The van der Waals surface area contributed by atoms with Crippen molar-refractivity contribution in [2.45, 2.75) is 37.8 Å². The molecule has 2 rings (SSSR count). The van der Waals surface area contributed by atoms with E-state index >= 15 is 0 Å². The average Bonchev–Trinajstić information content (AvgIpc) is 2.53. The lowest BCUT2D eigenvalue weighted by molar-refractivity contribution is -0.136. The van der Waals surface area contributed by atoms with E-state index in [0.717, 1.165) is 5.56 Å². The molecule has 0 aliphatic rings. The van der Waals surface area contributed by atoms with Crippen molar-refractivity contribution in [3.05, 3.63) is 59.9 Å². The van der Waals surface area contributed by atoms with E-state index in [4.69, 9.17) is 5.11 Å². The van der Waals surface area contributed by atoms with Gasteiger partial charge in [-0.3, -0.25) is 9.78 Å². The minimum Gasteiger partial charge on any atom is -0.481 e. The molecule has 0 atom stereocenters. The highest BCUT2D eigenvalue weighted by Gasteiger charge is 2.27. The molecule has 1 heterocycles. The monoisotopic (exact) mass is 348 g/mol. The normalized spacial score (nSPS) is 11.8. The fourth-order valence-electron chi connectivity index (χ4n) is 2.31. The molecule has 0 aliphatic carbocycles. The lowest BCUT2D eigenvalue weighted by Gasteiger charge is -2.26. The van der Waals surface area contributed by atoms with Crippen LogP contribution < -0.4 is 0 Å². The number of carboxylic acids is 1. The van der Waals surface area contributed by atoms with E-state index in [1.54, 1.807) is 18.5 Å². The summed E-state index contributed by atoms with van der Waals surface area (Å²) in [6.07, 6.45) is 3.14. The van der Waals surface area contributed by atoms with Crippen LogP contribution in [0.2, 0.25) is 0 Å². The van der Waals surface area contributed by atoms with Crippen LogP contribution in [0.15, 0.2) is 53.7 Å². The largest absolute Gasteiger partial charge is 0.481 e. The van der Waals surface area contributed by atoms with Gasteiger partial charge < -0.3 is 5.11 Å². The molecular weight excluding hydrogens is 328 g/mol. The predicted molar refractivity (Wildman–Crippen MR) is 89.9 cm³/mol. The molecule has 0 saturated heterocycles. The van der Waals surface area contributed by atoms with Crippen molar-refractivity contribution in [3.63, 3.8) is 0 Å². The van der Waals surface area contributed by atoms with Crippen LogP contribution in [0.4, 0.5) is 0 Å². The molecule has 0 bridgehead atoms. The lowest BCUT2D eigenvalue weighted by Crippen LogP contribution is -2.36. The number of pyridine rings is 1. The first-order valence-corrected chi connectivity index (χ1v) is 8.96. The second-order valence-corrected chi connectivity index (χ2v) is 7.61. The van der Waals surface area contributed by atoms with Crippen molar-refractivity contribution in [1.29, 1.82) is 0 Å². The van der Waals surface area contributed by atoms with E-state index in [1.807, 2.05) is 19.9 Å². The highest BCUT2D eigenvalue weighted by Crippen LogP contribution is 2.21. The van der Waals surface area contributed by atoms with Gasteiger partial charge in [0.2, 0.25) is 10.0 Å². The molecule has 2 aromatic rings. The molecule has 1 aromatic carbocycles. The second kappa shape index (κ2) is 7.55. The minimum absolute atomic E-state index is 0.135. The van der Waals surface area contributed by atoms with Crippen LogP contribution in [-0.2, 0) is 27.8 Å². The SMILES string of the molecule is CC(C)N(Cc1cccnc1)S(=O)(=O)c1ccc(CC(=O)O)cc1. The summed E-state index contributed by atoms with van der Waals surface area (Å²) in [6.45, 7) is 3.85. The Morgan fingerprint density at radius 2 is 1.83 bits per heavy atom. The van der Waals surface area contributed by atoms with Crippen LogP contribution in [0.1, 0.15) is 25.0 Å². The summed E-state index contributed by atoms with van der Waals surface area (Å²) in [6, 6.07) is 9.33. The maximum absolute atomic E-state index is 12.9. The molecule has 0 spiro atoms. The molecule has 0 aliphatic heterocycles. The van der Waals surface area contributed by atoms with Gasteiger partial charge in [0.15, 0.2) is 0 Å². The standard InChI is InChI=1S/C17H20N2O4S/c1-13(2)19(12-15-4-3-9-18-11-15)24(22,23)16-7-5-14(6-8-16)10-17(20)21/h3-9,11,13H,10,12H2,1-2H3,(H,20,21). The lowest BCUT2D eigenvalue weighted by atomic mass is 10.2. The molecule has 0 unspecified atom stereocenters. The molecule has 24 heavy (non-hydrogen) atoms. The quantitative estimate of drug-likeness (QED) is 0.829. The maximum atomic E-state index is 12.9. The number of carboxylic acid groups (broad SMARTS) is 1. The van der Waals surface area contributed by atoms with E-state index in [1.165, 1.54) is 28.6 Å². The zero-order valence-corrected chi connectivity index (χ0v) is 14.4. The first-order chi connectivity index (χ1) is 11.3. The van der Waals surface area contributed by atoms with Gasteiger partial charge in [0, 0.05) is 25.0 Å². The third-order valence-electron chi connectivity index (χ3n) is 3.52.